The second kappa shape index (κ2) is 5.24. The van der Waals surface area contributed by atoms with Crippen LogP contribution in [0, 0.1) is 27.7 Å². The molecule has 0 radical (unpaired) electrons. The fraction of sp³-hybridized carbons (Fsp3) is 0.400. The maximum absolute atomic E-state index is 12.5. The van der Waals surface area contributed by atoms with Gasteiger partial charge in [0.2, 0.25) is 5.76 Å². The number of aryl methyl sites for hydroxylation is 4. The quantitative estimate of drug-likeness (QED) is 0.745. The van der Waals surface area contributed by atoms with Crippen molar-refractivity contribution in [3.63, 3.8) is 0 Å². The van der Waals surface area contributed by atoms with Gasteiger partial charge in [-0.1, -0.05) is 0 Å². The Bertz CT molecular complexity index is 859. The molecule has 0 aliphatic heterocycles. The van der Waals surface area contributed by atoms with Crippen LogP contribution in [0.2, 0.25) is 0 Å². The lowest BCUT2D eigenvalue weighted by molar-refractivity contribution is 0.0749. The summed E-state index contributed by atoms with van der Waals surface area (Å²) in [5.74, 6) is 0.643. The SMILES string of the molecule is Cc1nc(C)c(C(=O)N(C)Cc2c(C)nc3sc(C)cn23)o1. The first-order valence-electron chi connectivity index (χ1n) is 7.00. The Hall–Kier alpha value is -2.15. The molecule has 6 nitrogen and oxygen atoms in total. The zero-order valence-corrected chi connectivity index (χ0v) is 14.1. The molecular formula is C15H18N4O2S. The van der Waals surface area contributed by atoms with E-state index in [1.807, 2.05) is 13.8 Å². The third-order valence-electron chi connectivity index (χ3n) is 3.57. The Balaban J connectivity index is 1.89. The molecule has 3 rings (SSSR count). The lowest BCUT2D eigenvalue weighted by Gasteiger charge is -2.16. The molecule has 1 amide bonds. The summed E-state index contributed by atoms with van der Waals surface area (Å²) in [5.41, 5.74) is 2.58. The van der Waals surface area contributed by atoms with Crippen molar-refractivity contribution < 1.29 is 9.21 Å². The number of amides is 1. The summed E-state index contributed by atoms with van der Waals surface area (Å²) in [6.07, 6.45) is 2.05. The van der Waals surface area contributed by atoms with Crippen LogP contribution in [0.1, 0.15) is 38.4 Å². The van der Waals surface area contributed by atoms with Crippen LogP contribution in [0.25, 0.3) is 4.96 Å². The van der Waals surface area contributed by atoms with Crippen molar-refractivity contribution in [2.24, 2.45) is 0 Å². The van der Waals surface area contributed by atoms with Crippen LogP contribution >= 0.6 is 11.3 Å². The first kappa shape index (κ1) is 14.8. The standard InChI is InChI=1S/C15H18N4O2S/c1-8-6-19-12(9(2)17-15(19)22-8)7-18(5)14(20)13-10(3)16-11(4)21-13/h6H,7H2,1-5H3. The van der Waals surface area contributed by atoms with E-state index in [1.54, 1.807) is 37.1 Å². The van der Waals surface area contributed by atoms with Crippen molar-refractivity contribution in [3.05, 3.63) is 39.8 Å². The molecule has 0 saturated heterocycles. The molecule has 3 heterocycles. The molecule has 0 aliphatic carbocycles. The molecule has 3 aromatic rings. The van der Waals surface area contributed by atoms with E-state index in [0.717, 1.165) is 16.3 Å². The van der Waals surface area contributed by atoms with Gasteiger partial charge in [-0.15, -0.1) is 11.3 Å². The van der Waals surface area contributed by atoms with Gasteiger partial charge in [0.25, 0.3) is 5.91 Å². The van der Waals surface area contributed by atoms with E-state index in [9.17, 15) is 4.79 Å². The maximum atomic E-state index is 12.5. The van der Waals surface area contributed by atoms with E-state index < -0.39 is 0 Å². The average Bonchev–Trinajstić information content (AvgIpc) is 3.04. The third kappa shape index (κ3) is 2.41. The number of fused-ring (bicyclic) bond motifs is 1. The number of hydrogen-bond acceptors (Lipinski definition) is 5. The lowest BCUT2D eigenvalue weighted by atomic mass is 10.3. The Morgan fingerprint density at radius 2 is 2.00 bits per heavy atom. The van der Waals surface area contributed by atoms with Gasteiger partial charge in [-0.05, 0) is 20.8 Å². The van der Waals surface area contributed by atoms with Gasteiger partial charge in [-0.25, -0.2) is 9.97 Å². The maximum Gasteiger partial charge on any atom is 0.291 e. The number of thiazole rings is 1. The van der Waals surface area contributed by atoms with E-state index in [1.165, 1.54) is 4.88 Å². The summed E-state index contributed by atoms with van der Waals surface area (Å²) < 4.78 is 7.47. The number of rotatable bonds is 3. The number of hydrogen-bond donors (Lipinski definition) is 0. The van der Waals surface area contributed by atoms with Crippen molar-refractivity contribution >= 4 is 22.2 Å². The fourth-order valence-corrected chi connectivity index (χ4v) is 3.39. The Morgan fingerprint density at radius 1 is 1.27 bits per heavy atom. The van der Waals surface area contributed by atoms with Gasteiger partial charge < -0.3 is 9.32 Å². The summed E-state index contributed by atoms with van der Waals surface area (Å²) in [5, 5.41) is 0. The van der Waals surface area contributed by atoms with Gasteiger partial charge in [0.05, 0.1) is 23.6 Å². The topological polar surface area (TPSA) is 63.6 Å². The third-order valence-corrected chi connectivity index (χ3v) is 4.47. The van der Waals surface area contributed by atoms with E-state index in [-0.39, 0.29) is 5.91 Å². The predicted molar refractivity (Wildman–Crippen MR) is 84.3 cm³/mol. The van der Waals surface area contributed by atoms with Crippen molar-refractivity contribution in [1.82, 2.24) is 19.3 Å². The van der Waals surface area contributed by atoms with Gasteiger partial charge in [-0.3, -0.25) is 9.20 Å². The van der Waals surface area contributed by atoms with E-state index in [2.05, 4.69) is 20.6 Å². The molecular weight excluding hydrogens is 300 g/mol. The fourth-order valence-electron chi connectivity index (χ4n) is 2.50. The molecule has 0 aliphatic rings. The van der Waals surface area contributed by atoms with Crippen molar-refractivity contribution in [2.75, 3.05) is 7.05 Å². The number of aromatic nitrogens is 3. The summed E-state index contributed by atoms with van der Waals surface area (Å²) in [6, 6.07) is 0. The first-order valence-corrected chi connectivity index (χ1v) is 7.82. The Morgan fingerprint density at radius 3 is 2.64 bits per heavy atom. The highest BCUT2D eigenvalue weighted by atomic mass is 32.1. The van der Waals surface area contributed by atoms with Crippen LogP contribution < -0.4 is 0 Å². The van der Waals surface area contributed by atoms with E-state index in [0.29, 0.717) is 23.9 Å². The van der Waals surface area contributed by atoms with Crippen LogP contribution in [0.4, 0.5) is 0 Å². The second-order valence-corrected chi connectivity index (χ2v) is 6.66. The van der Waals surface area contributed by atoms with E-state index >= 15 is 0 Å². The van der Waals surface area contributed by atoms with Crippen LogP contribution in [0.5, 0.6) is 0 Å². The highest BCUT2D eigenvalue weighted by Crippen LogP contribution is 2.22. The minimum absolute atomic E-state index is 0.167. The molecule has 22 heavy (non-hydrogen) atoms. The number of carbonyl (C=O) groups is 1. The Kier molecular flexibility index (Phi) is 3.52. The first-order chi connectivity index (χ1) is 10.4. The molecule has 0 aromatic carbocycles. The molecule has 7 heteroatoms. The molecule has 3 aromatic heterocycles. The van der Waals surface area contributed by atoms with Crippen molar-refractivity contribution in [2.45, 2.75) is 34.2 Å². The van der Waals surface area contributed by atoms with Gasteiger partial charge in [-0.2, -0.15) is 0 Å². The highest BCUT2D eigenvalue weighted by molar-refractivity contribution is 7.17. The van der Waals surface area contributed by atoms with Gasteiger partial charge in [0.1, 0.15) is 0 Å². The molecule has 116 valence electrons. The van der Waals surface area contributed by atoms with Crippen molar-refractivity contribution in [1.29, 1.82) is 0 Å². The lowest BCUT2D eigenvalue weighted by Crippen LogP contribution is -2.27. The van der Waals surface area contributed by atoms with Crippen molar-refractivity contribution in [3.8, 4) is 0 Å². The smallest absolute Gasteiger partial charge is 0.291 e. The minimum Gasteiger partial charge on any atom is -0.436 e. The van der Waals surface area contributed by atoms with Crippen LogP contribution in [-0.4, -0.2) is 32.2 Å². The number of imidazole rings is 1. The molecule has 0 fully saturated rings. The molecule has 0 atom stereocenters. The summed E-state index contributed by atoms with van der Waals surface area (Å²) in [4.78, 5) is 25.0. The summed E-state index contributed by atoms with van der Waals surface area (Å²) >= 11 is 1.64. The summed E-state index contributed by atoms with van der Waals surface area (Å²) in [6.45, 7) is 8.01. The van der Waals surface area contributed by atoms with Gasteiger partial charge in [0.15, 0.2) is 10.9 Å². The molecule has 0 saturated carbocycles. The van der Waals surface area contributed by atoms with Crippen LogP contribution in [-0.2, 0) is 6.54 Å². The number of carbonyl (C=O) groups excluding carboxylic acids is 1. The highest BCUT2D eigenvalue weighted by Gasteiger charge is 2.22. The van der Waals surface area contributed by atoms with Crippen LogP contribution in [0.15, 0.2) is 10.6 Å². The van der Waals surface area contributed by atoms with E-state index in [4.69, 9.17) is 4.42 Å². The summed E-state index contributed by atoms with van der Waals surface area (Å²) in [7, 11) is 1.76. The normalized spacial score (nSPS) is 11.3. The number of oxazole rings is 1. The minimum atomic E-state index is -0.167. The predicted octanol–water partition coefficient (Wildman–Crippen LogP) is 2.89. The molecule has 0 N–H and O–H groups in total. The number of nitrogens with zero attached hydrogens (tertiary/aromatic N) is 4. The zero-order valence-electron chi connectivity index (χ0n) is 13.3. The average molecular weight is 318 g/mol. The largest absolute Gasteiger partial charge is 0.436 e. The molecule has 0 bridgehead atoms. The molecule has 0 spiro atoms. The monoisotopic (exact) mass is 318 g/mol. The Labute approximate surface area is 132 Å². The second-order valence-electron chi connectivity index (χ2n) is 5.45. The molecule has 0 unspecified atom stereocenters. The van der Waals surface area contributed by atoms with Gasteiger partial charge >= 0.3 is 0 Å². The van der Waals surface area contributed by atoms with Crippen LogP contribution in [0.3, 0.4) is 0 Å². The zero-order chi connectivity index (χ0) is 16.0. The van der Waals surface area contributed by atoms with Gasteiger partial charge in [0, 0.05) is 25.0 Å².